The van der Waals surface area contributed by atoms with Gasteiger partial charge in [-0.25, -0.2) is 0 Å². The van der Waals surface area contributed by atoms with Gasteiger partial charge in [-0.1, -0.05) is 6.42 Å². The molecule has 0 spiro atoms. The Morgan fingerprint density at radius 1 is 0.421 bits per heavy atom. The minimum absolute atomic E-state index is 0.784. The van der Waals surface area contributed by atoms with E-state index in [0.717, 1.165) is 65.2 Å². The summed E-state index contributed by atoms with van der Waals surface area (Å²) in [5.41, 5.74) is 10.8. The van der Waals surface area contributed by atoms with Crippen LogP contribution in [0.4, 0.5) is 0 Å². The van der Waals surface area contributed by atoms with E-state index in [9.17, 15) is 0 Å². The molecule has 0 aromatic carbocycles. The number of hydrogen-bond acceptors (Lipinski definition) is 5. The van der Waals surface area contributed by atoms with Crippen molar-refractivity contribution in [3.63, 3.8) is 0 Å². The van der Waals surface area contributed by atoms with Crippen molar-refractivity contribution in [2.45, 2.75) is 38.5 Å². The molecule has 5 nitrogen and oxygen atoms in total. The van der Waals surface area contributed by atoms with E-state index in [1.165, 1.54) is 25.7 Å². The zero-order chi connectivity index (χ0) is 14.0. The summed E-state index contributed by atoms with van der Waals surface area (Å²) in [6.45, 7) is 8.17. The lowest BCUT2D eigenvalue weighted by atomic mass is 10.2. The van der Waals surface area contributed by atoms with Crippen molar-refractivity contribution in [2.75, 3.05) is 52.4 Å². The Balaban J connectivity index is 2.88. The number of rotatable bonds is 16. The third-order valence-electron chi connectivity index (χ3n) is 3.03. The third-order valence-corrected chi connectivity index (χ3v) is 3.03. The number of hydrogen-bond donors (Lipinski definition) is 5. The van der Waals surface area contributed by atoms with E-state index < -0.39 is 0 Å². The maximum absolute atomic E-state index is 5.42. The summed E-state index contributed by atoms with van der Waals surface area (Å²) in [6, 6.07) is 0. The van der Waals surface area contributed by atoms with Crippen LogP contribution >= 0.6 is 0 Å². The largest absolute Gasteiger partial charge is 0.330 e. The van der Waals surface area contributed by atoms with Crippen molar-refractivity contribution in [1.82, 2.24) is 16.0 Å². The number of nitrogens with two attached hydrogens (primary N) is 2. The van der Waals surface area contributed by atoms with E-state index in [1.807, 2.05) is 0 Å². The second-order valence-electron chi connectivity index (χ2n) is 4.95. The first-order chi connectivity index (χ1) is 9.41. The fourth-order valence-electron chi connectivity index (χ4n) is 1.84. The average molecular weight is 273 g/mol. The highest BCUT2D eigenvalue weighted by Crippen LogP contribution is 1.92. The van der Waals surface area contributed by atoms with Crippen molar-refractivity contribution in [3.05, 3.63) is 0 Å². The van der Waals surface area contributed by atoms with Crippen LogP contribution in [-0.2, 0) is 0 Å². The molecule has 0 saturated heterocycles. The Bertz CT molecular complexity index is 139. The first kappa shape index (κ1) is 18.8. The van der Waals surface area contributed by atoms with Gasteiger partial charge in [0.1, 0.15) is 0 Å². The van der Waals surface area contributed by atoms with E-state index in [1.54, 1.807) is 0 Å². The summed E-state index contributed by atoms with van der Waals surface area (Å²) in [5.74, 6) is 0. The van der Waals surface area contributed by atoms with Gasteiger partial charge < -0.3 is 27.4 Å². The Hall–Kier alpha value is -0.200. The normalized spacial score (nSPS) is 11.1. The maximum Gasteiger partial charge on any atom is -0.00368 e. The van der Waals surface area contributed by atoms with Crippen LogP contribution in [0.15, 0.2) is 0 Å². The highest BCUT2D eigenvalue weighted by molar-refractivity contribution is 4.54. The quantitative estimate of drug-likeness (QED) is 0.256. The van der Waals surface area contributed by atoms with E-state index in [-0.39, 0.29) is 0 Å². The number of unbranched alkanes of at least 4 members (excludes halogenated alkanes) is 2. The van der Waals surface area contributed by atoms with Crippen LogP contribution in [0, 0.1) is 0 Å². The second-order valence-corrected chi connectivity index (χ2v) is 4.95. The third kappa shape index (κ3) is 17.8. The van der Waals surface area contributed by atoms with Crippen molar-refractivity contribution in [2.24, 2.45) is 11.5 Å². The molecule has 0 amide bonds. The van der Waals surface area contributed by atoms with Gasteiger partial charge in [0.05, 0.1) is 0 Å². The van der Waals surface area contributed by atoms with Crippen LogP contribution in [0.2, 0.25) is 0 Å². The molecule has 0 rings (SSSR count). The molecular formula is C14H35N5. The average Bonchev–Trinajstić information content (AvgIpc) is 2.43. The topological polar surface area (TPSA) is 88.1 Å². The van der Waals surface area contributed by atoms with Gasteiger partial charge in [-0.3, -0.25) is 0 Å². The predicted octanol–water partition coefficient (Wildman–Crippen LogP) is 0.0132. The molecule has 0 radical (unpaired) electrons. The Morgan fingerprint density at radius 2 is 0.789 bits per heavy atom. The molecule has 0 aliphatic heterocycles. The van der Waals surface area contributed by atoms with Gasteiger partial charge in [-0.05, 0) is 84.5 Å². The molecule has 116 valence electrons. The molecular weight excluding hydrogens is 238 g/mol. The van der Waals surface area contributed by atoms with Crippen molar-refractivity contribution >= 4 is 0 Å². The van der Waals surface area contributed by atoms with Crippen molar-refractivity contribution < 1.29 is 0 Å². The molecule has 0 aromatic heterocycles. The Kier molecular flexibility index (Phi) is 17.6. The zero-order valence-corrected chi connectivity index (χ0v) is 12.6. The SMILES string of the molecule is NCCCNCCCCCNCCCNCCCN. The van der Waals surface area contributed by atoms with Gasteiger partial charge in [-0.2, -0.15) is 0 Å². The minimum atomic E-state index is 0.784. The molecule has 0 fully saturated rings. The molecule has 0 bridgehead atoms. The van der Waals surface area contributed by atoms with Crippen LogP contribution in [0.25, 0.3) is 0 Å². The molecule has 0 aliphatic rings. The van der Waals surface area contributed by atoms with Crippen LogP contribution in [0.5, 0.6) is 0 Å². The molecule has 0 aromatic rings. The fraction of sp³-hybridized carbons (Fsp3) is 1.00. The van der Waals surface area contributed by atoms with Crippen molar-refractivity contribution in [3.8, 4) is 0 Å². The van der Waals surface area contributed by atoms with Crippen molar-refractivity contribution in [1.29, 1.82) is 0 Å². The van der Waals surface area contributed by atoms with Crippen LogP contribution in [0.3, 0.4) is 0 Å². The van der Waals surface area contributed by atoms with Crippen LogP contribution in [0.1, 0.15) is 38.5 Å². The molecule has 5 heteroatoms. The minimum Gasteiger partial charge on any atom is -0.330 e. The smallest absolute Gasteiger partial charge is 0.00368 e. The van der Waals surface area contributed by atoms with E-state index in [0.29, 0.717) is 0 Å². The van der Waals surface area contributed by atoms with Crippen LogP contribution in [-0.4, -0.2) is 52.4 Å². The summed E-state index contributed by atoms with van der Waals surface area (Å²) in [7, 11) is 0. The van der Waals surface area contributed by atoms with Gasteiger partial charge in [-0.15, -0.1) is 0 Å². The molecule has 0 saturated carbocycles. The predicted molar refractivity (Wildman–Crippen MR) is 84.4 cm³/mol. The Labute approximate surface area is 119 Å². The highest BCUT2D eigenvalue weighted by Gasteiger charge is 1.91. The summed E-state index contributed by atoms with van der Waals surface area (Å²) in [5, 5.41) is 10.3. The lowest BCUT2D eigenvalue weighted by Crippen LogP contribution is -2.24. The van der Waals surface area contributed by atoms with Gasteiger partial charge >= 0.3 is 0 Å². The summed E-state index contributed by atoms with van der Waals surface area (Å²) in [4.78, 5) is 0. The van der Waals surface area contributed by atoms with Gasteiger partial charge in [0.25, 0.3) is 0 Å². The summed E-state index contributed by atoms with van der Waals surface area (Å²) < 4.78 is 0. The van der Waals surface area contributed by atoms with Gasteiger partial charge in [0.2, 0.25) is 0 Å². The summed E-state index contributed by atoms with van der Waals surface area (Å²) in [6.07, 6.45) is 7.21. The molecule has 0 heterocycles. The molecule has 7 N–H and O–H groups in total. The number of nitrogens with one attached hydrogen (secondary N) is 3. The highest BCUT2D eigenvalue weighted by atomic mass is 14.9. The Morgan fingerprint density at radius 3 is 1.21 bits per heavy atom. The molecule has 0 unspecified atom stereocenters. The lowest BCUT2D eigenvalue weighted by Gasteiger charge is -2.06. The summed E-state index contributed by atoms with van der Waals surface area (Å²) >= 11 is 0. The monoisotopic (exact) mass is 273 g/mol. The molecule has 0 atom stereocenters. The van der Waals surface area contributed by atoms with Crippen LogP contribution < -0.4 is 27.4 Å². The zero-order valence-electron chi connectivity index (χ0n) is 12.6. The maximum atomic E-state index is 5.42. The first-order valence-corrected chi connectivity index (χ1v) is 7.94. The standard InChI is InChI=1S/C14H35N5/c15-7-4-11-17-9-2-1-3-10-18-13-6-14-19-12-5-8-16/h17-19H,1-16H2. The van der Waals surface area contributed by atoms with E-state index in [4.69, 9.17) is 11.5 Å². The lowest BCUT2D eigenvalue weighted by molar-refractivity contribution is 0.549. The van der Waals surface area contributed by atoms with E-state index in [2.05, 4.69) is 16.0 Å². The fourth-order valence-corrected chi connectivity index (χ4v) is 1.84. The van der Waals surface area contributed by atoms with Gasteiger partial charge in [0, 0.05) is 0 Å². The molecule has 0 aliphatic carbocycles. The first-order valence-electron chi connectivity index (χ1n) is 7.94. The molecule has 19 heavy (non-hydrogen) atoms. The van der Waals surface area contributed by atoms with Gasteiger partial charge in [0.15, 0.2) is 0 Å². The second kappa shape index (κ2) is 17.8. The van der Waals surface area contributed by atoms with E-state index >= 15 is 0 Å².